The van der Waals surface area contributed by atoms with Crippen LogP contribution in [0.3, 0.4) is 0 Å². The van der Waals surface area contributed by atoms with E-state index in [1.54, 1.807) is 38.1 Å². The maximum atomic E-state index is 12.8. The lowest BCUT2D eigenvalue weighted by molar-refractivity contribution is -0.136. The van der Waals surface area contributed by atoms with Crippen LogP contribution in [0.15, 0.2) is 29.1 Å². The first-order valence-corrected chi connectivity index (χ1v) is 12.3. The van der Waals surface area contributed by atoms with Gasteiger partial charge in [0, 0.05) is 50.2 Å². The van der Waals surface area contributed by atoms with Gasteiger partial charge in [0.1, 0.15) is 15.3 Å². The quantitative estimate of drug-likeness (QED) is 0.483. The highest BCUT2D eigenvalue weighted by Gasteiger charge is 2.16. The third kappa shape index (κ3) is 7.02. The van der Waals surface area contributed by atoms with E-state index in [1.807, 2.05) is 6.07 Å². The Hall–Kier alpha value is -3.46. The molecule has 0 aliphatic carbocycles. The summed E-state index contributed by atoms with van der Waals surface area (Å²) in [6, 6.07) is 9.01. The van der Waals surface area contributed by atoms with Crippen molar-refractivity contribution in [2.75, 3.05) is 50.1 Å². The van der Waals surface area contributed by atoms with E-state index >= 15 is 0 Å². The van der Waals surface area contributed by atoms with Crippen LogP contribution in [0.1, 0.15) is 20.3 Å². The number of nitrogens with zero attached hydrogens (tertiary/aromatic N) is 3. The molecule has 10 nitrogen and oxygen atoms in total. The average Bonchev–Trinajstić information content (AvgIpc) is 3.17. The van der Waals surface area contributed by atoms with Gasteiger partial charge in [-0.1, -0.05) is 6.07 Å². The van der Waals surface area contributed by atoms with Gasteiger partial charge in [0.15, 0.2) is 5.57 Å². The number of thiazole rings is 1. The largest absolute Gasteiger partial charge is 0.462 e. The van der Waals surface area contributed by atoms with Crippen molar-refractivity contribution < 1.29 is 19.1 Å². The van der Waals surface area contributed by atoms with Crippen molar-refractivity contribution in [2.24, 2.45) is 0 Å². The third-order valence-electron chi connectivity index (χ3n) is 5.30. The van der Waals surface area contributed by atoms with Crippen LogP contribution in [0, 0.1) is 11.3 Å². The van der Waals surface area contributed by atoms with Gasteiger partial charge in [0.05, 0.1) is 19.8 Å². The van der Waals surface area contributed by atoms with Crippen LogP contribution in [0.5, 0.6) is 0 Å². The summed E-state index contributed by atoms with van der Waals surface area (Å²) in [6.07, 6.45) is 1.92. The maximum Gasteiger partial charge on any atom is 0.351 e. The molecular weight excluding hydrogens is 470 g/mol. The van der Waals surface area contributed by atoms with Crippen LogP contribution < -0.4 is 25.4 Å². The zero-order chi connectivity index (χ0) is 25.2. The number of carbonyl (C=O) groups is 2. The molecule has 1 aromatic carbocycles. The summed E-state index contributed by atoms with van der Waals surface area (Å²) in [5.41, 5.74) is 0.792. The number of carbonyl (C=O) groups excluding carboxylic acids is 2. The number of esters is 1. The number of hydrogen-bond donors (Lipinski definition) is 2. The zero-order valence-corrected chi connectivity index (χ0v) is 20.7. The van der Waals surface area contributed by atoms with Crippen molar-refractivity contribution >= 4 is 46.4 Å². The molecule has 1 aromatic heterocycles. The summed E-state index contributed by atoms with van der Waals surface area (Å²) in [4.78, 5) is 39.5. The predicted molar refractivity (Wildman–Crippen MR) is 134 cm³/mol. The fourth-order valence-corrected chi connectivity index (χ4v) is 4.60. The van der Waals surface area contributed by atoms with Crippen molar-refractivity contribution in [2.45, 2.75) is 26.8 Å². The summed E-state index contributed by atoms with van der Waals surface area (Å²) in [6.45, 7) is 7.58. The predicted octanol–water partition coefficient (Wildman–Crippen LogP) is 0.678. The molecule has 0 atom stereocenters. The van der Waals surface area contributed by atoms with Crippen molar-refractivity contribution in [1.82, 2.24) is 9.47 Å². The van der Waals surface area contributed by atoms with Gasteiger partial charge >= 0.3 is 5.97 Å². The maximum absolute atomic E-state index is 12.8. The highest BCUT2D eigenvalue weighted by atomic mass is 32.1. The van der Waals surface area contributed by atoms with Crippen LogP contribution in [-0.4, -0.2) is 60.8 Å². The molecule has 186 valence electrons. The van der Waals surface area contributed by atoms with Crippen LogP contribution in [0.25, 0.3) is 11.8 Å². The minimum absolute atomic E-state index is 0.0788. The number of rotatable bonds is 9. The SMILES string of the molecule is CCOC(=O)/C(C#N)=c1\s/c(=C/Nc2cccc(NC(=O)CCN3CCOCC3)c2)c(=O)n1CC. The number of hydrogen-bond acceptors (Lipinski definition) is 9. The fraction of sp³-hybridized carbons (Fsp3) is 0.417. The number of benzene rings is 1. The monoisotopic (exact) mass is 499 g/mol. The highest BCUT2D eigenvalue weighted by Crippen LogP contribution is 2.15. The summed E-state index contributed by atoms with van der Waals surface area (Å²) >= 11 is 1.04. The van der Waals surface area contributed by atoms with Crippen molar-refractivity contribution in [3.63, 3.8) is 0 Å². The Bertz CT molecular complexity index is 1270. The first kappa shape index (κ1) is 26.2. The summed E-state index contributed by atoms with van der Waals surface area (Å²) in [5.74, 6) is -0.833. The smallest absolute Gasteiger partial charge is 0.351 e. The van der Waals surface area contributed by atoms with Crippen LogP contribution in [0.4, 0.5) is 11.4 Å². The van der Waals surface area contributed by atoms with Gasteiger partial charge in [-0.25, -0.2) is 4.79 Å². The second kappa shape index (κ2) is 12.9. The minimum Gasteiger partial charge on any atom is -0.462 e. The lowest BCUT2D eigenvalue weighted by atomic mass is 10.2. The Morgan fingerprint density at radius 1 is 1.26 bits per heavy atom. The topological polar surface area (TPSA) is 126 Å². The van der Waals surface area contributed by atoms with Gasteiger partial charge in [-0.3, -0.25) is 19.1 Å². The Kier molecular flexibility index (Phi) is 9.60. The standard InChI is InChI=1S/C24H29N5O5S/c1-3-29-22(31)20(35-23(29)19(15-25)24(32)34-4-2)16-26-17-6-5-7-18(14-17)27-21(30)8-9-28-10-12-33-13-11-28/h5-7,14,16,26H,3-4,8-13H2,1-2H3,(H,27,30)/b20-16+,23-19-. The molecule has 11 heteroatoms. The van der Waals surface area contributed by atoms with Gasteiger partial charge in [0.25, 0.3) is 5.56 Å². The second-order valence-electron chi connectivity index (χ2n) is 7.65. The molecule has 35 heavy (non-hydrogen) atoms. The minimum atomic E-state index is -0.755. The zero-order valence-electron chi connectivity index (χ0n) is 19.8. The number of nitrogens with one attached hydrogen (secondary N) is 2. The molecule has 1 fully saturated rings. The molecule has 1 aliphatic rings. The van der Waals surface area contributed by atoms with E-state index in [9.17, 15) is 19.6 Å². The summed E-state index contributed by atoms with van der Waals surface area (Å²) in [7, 11) is 0. The molecule has 0 bridgehead atoms. The molecule has 1 aliphatic heterocycles. The van der Waals surface area contributed by atoms with Crippen LogP contribution >= 0.6 is 11.3 Å². The van der Waals surface area contributed by atoms with Crippen LogP contribution in [-0.2, 0) is 25.6 Å². The lowest BCUT2D eigenvalue weighted by Crippen LogP contribution is -2.38. The molecule has 2 heterocycles. The number of ether oxygens (including phenoxy) is 2. The van der Waals surface area contributed by atoms with Crippen molar-refractivity contribution in [1.29, 1.82) is 5.26 Å². The number of nitriles is 1. The van der Waals surface area contributed by atoms with Gasteiger partial charge < -0.3 is 20.1 Å². The molecule has 0 spiro atoms. The molecular formula is C24H29N5O5S. The van der Waals surface area contributed by atoms with Crippen molar-refractivity contribution in [3.8, 4) is 6.07 Å². The van der Waals surface area contributed by atoms with E-state index in [1.165, 1.54) is 10.8 Å². The molecule has 0 radical (unpaired) electrons. The first-order chi connectivity index (χ1) is 17.0. The van der Waals surface area contributed by atoms with E-state index in [0.717, 1.165) is 24.4 Å². The Morgan fingerprint density at radius 2 is 2.00 bits per heavy atom. The van der Waals surface area contributed by atoms with E-state index in [0.29, 0.717) is 48.6 Å². The number of anilines is 2. The number of morpholine rings is 1. The highest BCUT2D eigenvalue weighted by molar-refractivity contribution is 7.07. The van der Waals surface area contributed by atoms with E-state index in [4.69, 9.17) is 9.47 Å². The Balaban J connectivity index is 1.74. The molecule has 2 aromatic rings. The lowest BCUT2D eigenvalue weighted by Gasteiger charge is -2.26. The van der Waals surface area contributed by atoms with E-state index in [2.05, 4.69) is 15.5 Å². The average molecular weight is 500 g/mol. The van der Waals surface area contributed by atoms with Crippen LogP contribution in [0.2, 0.25) is 0 Å². The first-order valence-electron chi connectivity index (χ1n) is 11.4. The van der Waals surface area contributed by atoms with E-state index in [-0.39, 0.29) is 28.3 Å². The Labute approximate surface area is 207 Å². The van der Waals surface area contributed by atoms with Gasteiger partial charge in [0.2, 0.25) is 5.91 Å². The van der Waals surface area contributed by atoms with Gasteiger partial charge in [-0.05, 0) is 32.0 Å². The summed E-state index contributed by atoms with van der Waals surface area (Å²) in [5, 5.41) is 15.4. The van der Waals surface area contributed by atoms with E-state index < -0.39 is 5.97 Å². The molecule has 0 unspecified atom stereocenters. The molecule has 0 saturated carbocycles. The normalized spacial score (nSPS) is 15.3. The third-order valence-corrected chi connectivity index (χ3v) is 6.43. The van der Waals surface area contributed by atoms with Crippen molar-refractivity contribution in [3.05, 3.63) is 43.8 Å². The fourth-order valence-electron chi connectivity index (χ4n) is 3.52. The molecule has 3 rings (SSSR count). The molecule has 1 amide bonds. The summed E-state index contributed by atoms with van der Waals surface area (Å²) < 4.78 is 12.2. The number of aromatic nitrogens is 1. The van der Waals surface area contributed by atoms with Gasteiger partial charge in [-0.2, -0.15) is 5.26 Å². The van der Waals surface area contributed by atoms with Gasteiger partial charge in [-0.15, -0.1) is 11.3 Å². The molecule has 1 saturated heterocycles. The Morgan fingerprint density at radius 3 is 2.69 bits per heavy atom. The number of amides is 1. The second-order valence-corrected chi connectivity index (χ2v) is 8.68. The molecule has 2 N–H and O–H groups in total.